The molecule has 1 saturated heterocycles. The number of nitro benzene ring substituents is 1. The Hall–Kier alpha value is -1.82. The van der Waals surface area contributed by atoms with Crippen molar-refractivity contribution in [3.05, 3.63) is 70.3 Å². The van der Waals surface area contributed by atoms with Crippen LogP contribution in [0, 0.1) is 16.0 Å². The molecule has 1 aliphatic heterocycles. The summed E-state index contributed by atoms with van der Waals surface area (Å²) in [4.78, 5) is 12.9. The van der Waals surface area contributed by atoms with Crippen molar-refractivity contribution in [1.29, 1.82) is 0 Å². The van der Waals surface area contributed by atoms with Gasteiger partial charge in [0, 0.05) is 43.5 Å². The van der Waals surface area contributed by atoms with Gasteiger partial charge < -0.3 is 10.2 Å². The van der Waals surface area contributed by atoms with Gasteiger partial charge in [-0.1, -0.05) is 37.3 Å². The normalized spacial score (nSPS) is 19.4. The molecular weight excluding hydrogens is 385 g/mol. The van der Waals surface area contributed by atoms with E-state index in [0.29, 0.717) is 12.0 Å². The van der Waals surface area contributed by atoms with E-state index in [2.05, 4.69) is 41.4 Å². The van der Waals surface area contributed by atoms with E-state index in [1.807, 2.05) is 18.2 Å². The predicted molar refractivity (Wildman–Crippen MR) is 115 cm³/mol. The third-order valence-corrected chi connectivity index (χ3v) is 4.98. The number of hydrogen-bond donors (Lipinski definition) is 1. The van der Waals surface area contributed by atoms with E-state index >= 15 is 0 Å². The maximum atomic E-state index is 10.7. The second-order valence-corrected chi connectivity index (χ2v) is 6.86. The summed E-state index contributed by atoms with van der Waals surface area (Å²) in [6.07, 6.45) is 2.07. The minimum absolute atomic E-state index is 0. The molecule has 0 aromatic heterocycles. The number of rotatable bonds is 6. The number of para-hydroxylation sites is 1. The molecule has 2 aromatic carbocycles. The molecule has 0 aliphatic carbocycles. The van der Waals surface area contributed by atoms with Crippen LogP contribution in [-0.4, -0.2) is 35.5 Å². The molecule has 1 N–H and O–H groups in total. The van der Waals surface area contributed by atoms with Gasteiger partial charge in [-0.2, -0.15) is 0 Å². The van der Waals surface area contributed by atoms with E-state index in [0.717, 1.165) is 38.0 Å². The maximum Gasteiger partial charge on any atom is 0.269 e. The highest BCUT2D eigenvalue weighted by Gasteiger charge is 2.25. The Morgan fingerprint density at radius 1 is 1.11 bits per heavy atom. The zero-order valence-electron chi connectivity index (χ0n) is 15.4. The third kappa shape index (κ3) is 6.69. The van der Waals surface area contributed by atoms with Gasteiger partial charge in [0.05, 0.1) is 4.92 Å². The molecule has 2 unspecified atom stereocenters. The van der Waals surface area contributed by atoms with Gasteiger partial charge in [0.1, 0.15) is 0 Å². The number of halogens is 2. The summed E-state index contributed by atoms with van der Waals surface area (Å²) in [7, 11) is 0. The minimum Gasteiger partial charge on any atom is -0.382 e. The Morgan fingerprint density at radius 2 is 1.78 bits per heavy atom. The van der Waals surface area contributed by atoms with Crippen LogP contribution in [0.15, 0.2) is 54.6 Å². The van der Waals surface area contributed by atoms with Gasteiger partial charge in [-0.25, -0.2) is 0 Å². The minimum atomic E-state index is -0.351. The van der Waals surface area contributed by atoms with Crippen LogP contribution < -0.4 is 5.32 Å². The summed E-state index contributed by atoms with van der Waals surface area (Å²) >= 11 is 0. The average Bonchev–Trinajstić information content (AvgIpc) is 2.63. The van der Waals surface area contributed by atoms with Crippen molar-refractivity contribution in [3.8, 4) is 0 Å². The molecule has 1 heterocycles. The van der Waals surface area contributed by atoms with Crippen LogP contribution in [0.3, 0.4) is 0 Å². The molecule has 3 rings (SSSR count). The van der Waals surface area contributed by atoms with Crippen LogP contribution in [-0.2, 0) is 6.42 Å². The van der Waals surface area contributed by atoms with Crippen molar-refractivity contribution in [2.45, 2.75) is 25.8 Å². The summed E-state index contributed by atoms with van der Waals surface area (Å²) in [5.74, 6) is 0.589. The molecular formula is C20H27Cl2N3O2. The standard InChI is InChI=1S/C20H25N3O2.2ClH/c1-16-15-22(13-11-17-7-9-19(10-8-17)23(24)25)14-12-20(16)21-18-5-3-2-4-6-18;;/h2-10,16,20-21H,11-15H2,1H3;2*1H. The summed E-state index contributed by atoms with van der Waals surface area (Å²) in [6.45, 7) is 5.47. The lowest BCUT2D eigenvalue weighted by Crippen LogP contribution is -2.45. The van der Waals surface area contributed by atoms with Crippen LogP contribution in [0.1, 0.15) is 18.9 Å². The van der Waals surface area contributed by atoms with Crippen LogP contribution in [0.2, 0.25) is 0 Å². The van der Waals surface area contributed by atoms with E-state index in [1.165, 1.54) is 5.69 Å². The SMILES string of the molecule is CC1CN(CCc2ccc([N+](=O)[O-])cc2)CCC1Nc1ccccc1.Cl.Cl. The number of non-ortho nitro benzene ring substituents is 1. The highest BCUT2D eigenvalue weighted by Crippen LogP contribution is 2.21. The first-order valence-electron chi connectivity index (χ1n) is 8.89. The van der Waals surface area contributed by atoms with Crippen LogP contribution in [0.25, 0.3) is 0 Å². The van der Waals surface area contributed by atoms with Crippen LogP contribution >= 0.6 is 24.8 Å². The van der Waals surface area contributed by atoms with E-state index < -0.39 is 0 Å². The molecule has 0 saturated carbocycles. The molecule has 0 radical (unpaired) electrons. The van der Waals surface area contributed by atoms with Crippen LogP contribution in [0.4, 0.5) is 11.4 Å². The number of nitro groups is 1. The second kappa shape index (κ2) is 11.1. The lowest BCUT2D eigenvalue weighted by atomic mass is 9.93. The first kappa shape index (κ1) is 23.2. The van der Waals surface area contributed by atoms with Crippen LogP contribution in [0.5, 0.6) is 0 Å². The van der Waals surface area contributed by atoms with E-state index in [1.54, 1.807) is 12.1 Å². The van der Waals surface area contributed by atoms with Crippen molar-refractivity contribution in [2.24, 2.45) is 5.92 Å². The molecule has 7 heteroatoms. The molecule has 5 nitrogen and oxygen atoms in total. The molecule has 0 bridgehead atoms. The number of nitrogens with zero attached hydrogens (tertiary/aromatic N) is 2. The molecule has 2 aromatic rings. The zero-order valence-corrected chi connectivity index (χ0v) is 17.0. The summed E-state index contributed by atoms with van der Waals surface area (Å²) in [6, 6.07) is 17.8. The highest BCUT2D eigenvalue weighted by molar-refractivity contribution is 5.85. The van der Waals surface area contributed by atoms with Crippen molar-refractivity contribution >= 4 is 36.2 Å². The molecule has 0 amide bonds. The lowest BCUT2D eigenvalue weighted by molar-refractivity contribution is -0.384. The van der Waals surface area contributed by atoms with Crippen molar-refractivity contribution in [3.63, 3.8) is 0 Å². The molecule has 1 aliphatic rings. The topological polar surface area (TPSA) is 58.4 Å². The monoisotopic (exact) mass is 411 g/mol. The largest absolute Gasteiger partial charge is 0.382 e. The van der Waals surface area contributed by atoms with Gasteiger partial charge in [0.2, 0.25) is 0 Å². The fourth-order valence-electron chi connectivity index (χ4n) is 3.47. The Balaban J connectivity index is 0.00000182. The van der Waals surface area contributed by atoms with Gasteiger partial charge in [-0.05, 0) is 36.5 Å². The quantitative estimate of drug-likeness (QED) is 0.547. The molecule has 27 heavy (non-hydrogen) atoms. The fraction of sp³-hybridized carbons (Fsp3) is 0.400. The van der Waals surface area contributed by atoms with E-state index in [-0.39, 0.29) is 35.4 Å². The van der Waals surface area contributed by atoms with E-state index in [9.17, 15) is 10.1 Å². The number of hydrogen-bond acceptors (Lipinski definition) is 4. The molecule has 0 spiro atoms. The molecule has 2 atom stereocenters. The molecule has 1 fully saturated rings. The Kier molecular flexibility index (Phi) is 9.56. The maximum absolute atomic E-state index is 10.7. The first-order chi connectivity index (χ1) is 12.1. The predicted octanol–water partition coefficient (Wildman–Crippen LogP) is 4.80. The number of nitrogens with one attached hydrogen (secondary N) is 1. The fourth-order valence-corrected chi connectivity index (χ4v) is 3.47. The number of piperidine rings is 1. The lowest BCUT2D eigenvalue weighted by Gasteiger charge is -2.37. The van der Waals surface area contributed by atoms with Gasteiger partial charge in [-0.15, -0.1) is 24.8 Å². The molecule has 148 valence electrons. The third-order valence-electron chi connectivity index (χ3n) is 4.98. The Labute approximate surface area is 173 Å². The summed E-state index contributed by atoms with van der Waals surface area (Å²) in [5, 5.41) is 14.4. The number of benzene rings is 2. The smallest absolute Gasteiger partial charge is 0.269 e. The first-order valence-corrected chi connectivity index (χ1v) is 8.89. The highest BCUT2D eigenvalue weighted by atomic mass is 35.5. The Morgan fingerprint density at radius 3 is 2.37 bits per heavy atom. The van der Waals surface area contributed by atoms with Gasteiger partial charge in [-0.3, -0.25) is 10.1 Å². The summed E-state index contributed by atoms with van der Waals surface area (Å²) in [5.41, 5.74) is 2.51. The van der Waals surface area contributed by atoms with E-state index in [4.69, 9.17) is 0 Å². The Bertz CT molecular complexity index is 698. The van der Waals surface area contributed by atoms with Gasteiger partial charge in [0.15, 0.2) is 0 Å². The van der Waals surface area contributed by atoms with Gasteiger partial charge >= 0.3 is 0 Å². The van der Waals surface area contributed by atoms with Crippen molar-refractivity contribution in [1.82, 2.24) is 4.90 Å². The van der Waals surface area contributed by atoms with Crippen molar-refractivity contribution < 1.29 is 4.92 Å². The zero-order chi connectivity index (χ0) is 17.6. The van der Waals surface area contributed by atoms with Gasteiger partial charge in [0.25, 0.3) is 5.69 Å². The summed E-state index contributed by atoms with van der Waals surface area (Å²) < 4.78 is 0. The number of likely N-dealkylation sites (tertiary alicyclic amines) is 1. The van der Waals surface area contributed by atoms with Crippen molar-refractivity contribution in [2.75, 3.05) is 25.0 Å². The average molecular weight is 412 g/mol. The number of anilines is 1. The second-order valence-electron chi connectivity index (χ2n) is 6.86.